The number of hydrogen-bond acceptors (Lipinski definition) is 6. The van der Waals surface area contributed by atoms with E-state index in [2.05, 4.69) is 59.8 Å². The second-order valence-corrected chi connectivity index (χ2v) is 8.81. The van der Waals surface area contributed by atoms with E-state index in [-0.39, 0.29) is 5.54 Å². The highest BCUT2D eigenvalue weighted by Crippen LogP contribution is 2.43. The number of anilines is 1. The highest BCUT2D eigenvalue weighted by Gasteiger charge is 2.41. The summed E-state index contributed by atoms with van der Waals surface area (Å²) < 4.78 is 12.9. The van der Waals surface area contributed by atoms with Gasteiger partial charge >= 0.3 is 0 Å². The third-order valence-corrected chi connectivity index (χ3v) is 6.71. The van der Waals surface area contributed by atoms with Crippen molar-refractivity contribution in [3.05, 3.63) is 53.3 Å². The van der Waals surface area contributed by atoms with Crippen molar-refractivity contribution in [1.82, 2.24) is 20.2 Å². The average Bonchev–Trinajstić information content (AvgIpc) is 3.30. The Labute approximate surface area is 190 Å². The number of rotatable bonds is 7. The molecule has 170 valence electrons. The van der Waals surface area contributed by atoms with E-state index >= 15 is 0 Å². The maximum absolute atomic E-state index is 5.54. The molecular formula is C25H33N5O2. The standard InChI is InChI=1S/C25H33N5O2/c1-6-19-9-7-8-18(3)23(19)30-24(27-28-29-30)25(14-12-17(2)13-15-25)26-20-10-11-21(31-4)22(16-20)32-5/h7-11,16-17,26H,6,12-15H2,1-5H3. The zero-order valence-corrected chi connectivity index (χ0v) is 19.7. The Morgan fingerprint density at radius 3 is 2.53 bits per heavy atom. The predicted molar refractivity (Wildman–Crippen MR) is 126 cm³/mol. The first-order chi connectivity index (χ1) is 15.5. The molecule has 1 heterocycles. The van der Waals surface area contributed by atoms with E-state index in [9.17, 15) is 0 Å². The number of tetrazole rings is 1. The number of hydrogen-bond donors (Lipinski definition) is 1. The molecule has 7 heteroatoms. The van der Waals surface area contributed by atoms with Crippen molar-refractivity contribution in [2.24, 2.45) is 5.92 Å². The fraction of sp³-hybridized carbons (Fsp3) is 0.480. The van der Waals surface area contributed by atoms with Crippen LogP contribution in [0.2, 0.25) is 0 Å². The molecule has 0 bridgehead atoms. The lowest BCUT2D eigenvalue weighted by molar-refractivity contribution is 0.254. The molecule has 1 fully saturated rings. The summed E-state index contributed by atoms with van der Waals surface area (Å²) in [6.07, 6.45) is 5.05. The molecule has 1 aromatic heterocycles. The molecule has 0 aliphatic heterocycles. The van der Waals surface area contributed by atoms with Crippen molar-refractivity contribution in [2.75, 3.05) is 19.5 Å². The lowest BCUT2D eigenvalue weighted by atomic mass is 9.76. The Kier molecular flexibility index (Phi) is 6.35. The van der Waals surface area contributed by atoms with Gasteiger partial charge in [-0.25, -0.2) is 0 Å². The molecule has 32 heavy (non-hydrogen) atoms. The van der Waals surface area contributed by atoms with Gasteiger partial charge in [-0.15, -0.1) is 5.10 Å². The number of methoxy groups -OCH3 is 2. The minimum Gasteiger partial charge on any atom is -0.493 e. The van der Waals surface area contributed by atoms with Crippen molar-refractivity contribution in [2.45, 2.75) is 58.4 Å². The highest BCUT2D eigenvalue weighted by molar-refractivity contribution is 5.57. The van der Waals surface area contributed by atoms with E-state index in [1.54, 1.807) is 14.2 Å². The van der Waals surface area contributed by atoms with Crippen LogP contribution in [-0.2, 0) is 12.0 Å². The van der Waals surface area contributed by atoms with Crippen LogP contribution in [0.15, 0.2) is 36.4 Å². The number of aromatic nitrogens is 4. The molecule has 1 aliphatic carbocycles. The maximum Gasteiger partial charge on any atom is 0.181 e. The fourth-order valence-electron chi connectivity index (χ4n) is 4.79. The fourth-order valence-corrected chi connectivity index (χ4v) is 4.79. The van der Waals surface area contributed by atoms with Crippen LogP contribution in [0.3, 0.4) is 0 Å². The van der Waals surface area contributed by atoms with E-state index in [0.717, 1.165) is 49.3 Å². The first kappa shape index (κ1) is 22.1. The number of aryl methyl sites for hydroxylation is 2. The summed E-state index contributed by atoms with van der Waals surface area (Å²) in [4.78, 5) is 0. The van der Waals surface area contributed by atoms with Crippen molar-refractivity contribution >= 4 is 5.69 Å². The SMILES string of the molecule is CCc1cccc(C)c1-n1nnnc1C1(Nc2ccc(OC)c(OC)c2)CCC(C)CC1. The third-order valence-electron chi connectivity index (χ3n) is 6.71. The van der Waals surface area contributed by atoms with Gasteiger partial charge in [0.15, 0.2) is 17.3 Å². The normalized spacial score (nSPS) is 20.7. The highest BCUT2D eigenvalue weighted by atomic mass is 16.5. The van der Waals surface area contributed by atoms with E-state index < -0.39 is 0 Å². The van der Waals surface area contributed by atoms with Gasteiger partial charge in [-0.2, -0.15) is 4.68 Å². The predicted octanol–water partition coefficient (Wildman–Crippen LogP) is 5.07. The van der Waals surface area contributed by atoms with Crippen molar-refractivity contribution in [3.63, 3.8) is 0 Å². The summed E-state index contributed by atoms with van der Waals surface area (Å²) in [6, 6.07) is 12.3. The second kappa shape index (κ2) is 9.18. The van der Waals surface area contributed by atoms with Gasteiger partial charge in [0.25, 0.3) is 0 Å². The lowest BCUT2D eigenvalue weighted by Gasteiger charge is -2.40. The van der Waals surface area contributed by atoms with Crippen LogP contribution >= 0.6 is 0 Å². The van der Waals surface area contributed by atoms with Gasteiger partial charge in [0.1, 0.15) is 0 Å². The van der Waals surface area contributed by atoms with Gasteiger partial charge < -0.3 is 14.8 Å². The van der Waals surface area contributed by atoms with Gasteiger partial charge in [0.2, 0.25) is 0 Å². The van der Waals surface area contributed by atoms with Crippen LogP contribution in [0.4, 0.5) is 5.69 Å². The summed E-state index contributed by atoms with van der Waals surface area (Å²) in [5.74, 6) is 2.96. The van der Waals surface area contributed by atoms with Gasteiger partial charge in [0.05, 0.1) is 25.4 Å². The molecule has 0 spiro atoms. The Morgan fingerprint density at radius 1 is 1.09 bits per heavy atom. The van der Waals surface area contributed by atoms with E-state index in [1.807, 2.05) is 22.9 Å². The molecule has 0 saturated heterocycles. The largest absolute Gasteiger partial charge is 0.493 e. The van der Waals surface area contributed by atoms with Gasteiger partial charge in [0, 0.05) is 11.8 Å². The Balaban J connectivity index is 1.81. The number of ether oxygens (including phenoxy) is 2. The molecule has 7 nitrogen and oxygen atoms in total. The molecule has 1 aliphatic rings. The average molecular weight is 436 g/mol. The smallest absolute Gasteiger partial charge is 0.181 e. The number of para-hydroxylation sites is 1. The summed E-state index contributed by atoms with van der Waals surface area (Å²) in [6.45, 7) is 6.61. The molecule has 0 amide bonds. The molecule has 1 N–H and O–H groups in total. The van der Waals surface area contributed by atoms with Gasteiger partial charge in [-0.05, 0) is 78.6 Å². The lowest BCUT2D eigenvalue weighted by Crippen LogP contribution is -2.41. The molecule has 0 atom stereocenters. The zero-order chi connectivity index (χ0) is 22.7. The molecule has 0 unspecified atom stereocenters. The monoisotopic (exact) mass is 435 g/mol. The topological polar surface area (TPSA) is 74.1 Å². The quantitative estimate of drug-likeness (QED) is 0.559. The van der Waals surface area contributed by atoms with E-state index in [0.29, 0.717) is 17.4 Å². The zero-order valence-electron chi connectivity index (χ0n) is 19.7. The van der Waals surface area contributed by atoms with Crippen LogP contribution < -0.4 is 14.8 Å². The second-order valence-electron chi connectivity index (χ2n) is 8.81. The minimum atomic E-state index is -0.372. The van der Waals surface area contributed by atoms with Gasteiger partial charge in [-0.3, -0.25) is 0 Å². The molecule has 3 aromatic rings. The third kappa shape index (κ3) is 4.04. The molecule has 1 saturated carbocycles. The number of nitrogens with zero attached hydrogens (tertiary/aromatic N) is 4. The Hall–Kier alpha value is -3.09. The van der Waals surface area contributed by atoms with Crippen molar-refractivity contribution in [3.8, 4) is 17.2 Å². The summed E-state index contributed by atoms with van der Waals surface area (Å²) in [7, 11) is 3.31. The van der Waals surface area contributed by atoms with Crippen LogP contribution in [0.5, 0.6) is 11.5 Å². The summed E-state index contributed by atoms with van der Waals surface area (Å²) >= 11 is 0. The Morgan fingerprint density at radius 2 is 1.84 bits per heavy atom. The van der Waals surface area contributed by atoms with Crippen molar-refractivity contribution < 1.29 is 9.47 Å². The van der Waals surface area contributed by atoms with Gasteiger partial charge in [-0.1, -0.05) is 32.0 Å². The molecular weight excluding hydrogens is 402 g/mol. The first-order valence-electron chi connectivity index (χ1n) is 11.4. The molecule has 4 rings (SSSR count). The first-order valence-corrected chi connectivity index (χ1v) is 11.4. The summed E-state index contributed by atoms with van der Waals surface area (Å²) in [5, 5.41) is 17.0. The van der Waals surface area contributed by atoms with Crippen LogP contribution in [0.1, 0.15) is 56.5 Å². The molecule has 2 aromatic carbocycles. The maximum atomic E-state index is 5.54. The van der Waals surface area contributed by atoms with E-state index in [4.69, 9.17) is 9.47 Å². The Bertz CT molecular complexity index is 1070. The number of nitrogens with one attached hydrogen (secondary N) is 1. The van der Waals surface area contributed by atoms with Crippen LogP contribution in [-0.4, -0.2) is 34.4 Å². The van der Waals surface area contributed by atoms with E-state index in [1.165, 1.54) is 11.1 Å². The van der Waals surface area contributed by atoms with Crippen LogP contribution in [0.25, 0.3) is 5.69 Å². The molecule has 0 radical (unpaired) electrons. The van der Waals surface area contributed by atoms with Crippen LogP contribution in [0, 0.1) is 12.8 Å². The minimum absolute atomic E-state index is 0.372. The summed E-state index contributed by atoms with van der Waals surface area (Å²) in [5.41, 5.74) is 4.09. The van der Waals surface area contributed by atoms with Crippen molar-refractivity contribution in [1.29, 1.82) is 0 Å². The number of benzene rings is 2.